The largest absolute Gasteiger partial charge is 0.341 e. The first-order chi connectivity index (χ1) is 18.8. The smallest absolute Gasteiger partial charge is 0.227 e. The van der Waals surface area contributed by atoms with Crippen molar-refractivity contribution in [3.63, 3.8) is 0 Å². The monoisotopic (exact) mass is 573 g/mol. The van der Waals surface area contributed by atoms with E-state index in [2.05, 4.69) is 25.7 Å². The van der Waals surface area contributed by atoms with Crippen molar-refractivity contribution >= 4 is 23.4 Å². The minimum Gasteiger partial charge on any atom is -0.341 e. The van der Waals surface area contributed by atoms with E-state index in [0.29, 0.717) is 49.7 Å². The van der Waals surface area contributed by atoms with E-state index in [1.807, 2.05) is 47.9 Å². The molecule has 0 radical (unpaired) electrons. The van der Waals surface area contributed by atoms with Crippen LogP contribution in [-0.2, 0) is 9.59 Å². The summed E-state index contributed by atoms with van der Waals surface area (Å²) in [5.74, 6) is -1.79. The molecule has 40 heavy (non-hydrogen) atoms. The Bertz CT molecular complexity index is 1200. The third-order valence-electron chi connectivity index (χ3n) is 8.31. The molecule has 2 fully saturated rings. The first kappa shape index (κ1) is 30.4. The molecule has 0 spiro atoms. The maximum Gasteiger partial charge on any atom is 0.227 e. The van der Waals surface area contributed by atoms with Gasteiger partial charge in [-0.05, 0) is 68.9 Å². The van der Waals surface area contributed by atoms with Crippen molar-refractivity contribution in [1.82, 2.24) is 14.7 Å². The molecule has 2 aliphatic rings. The number of nitrogens with zero attached hydrogens (tertiary/aromatic N) is 3. The summed E-state index contributed by atoms with van der Waals surface area (Å²) in [6, 6.07) is 11.2. The molecule has 0 bridgehead atoms. The Balaban J connectivity index is 1.58. The fraction of sp³-hybridized carbons (Fsp3) is 0.562. The first-order valence-corrected chi connectivity index (χ1v) is 14.8. The first-order valence-electron chi connectivity index (χ1n) is 14.4. The molecule has 5 nitrogen and oxygen atoms in total. The third kappa shape index (κ3) is 7.03. The van der Waals surface area contributed by atoms with Gasteiger partial charge in [-0.3, -0.25) is 14.5 Å². The summed E-state index contributed by atoms with van der Waals surface area (Å²) in [5.41, 5.74) is 1.23. The number of halogens is 3. The highest BCUT2D eigenvalue weighted by Gasteiger charge is 2.44. The number of amides is 2. The number of carbonyl (C=O) groups excluding carboxylic acids is 2. The van der Waals surface area contributed by atoms with Crippen LogP contribution in [0.2, 0.25) is 5.02 Å². The van der Waals surface area contributed by atoms with Gasteiger partial charge in [0, 0.05) is 61.7 Å². The summed E-state index contributed by atoms with van der Waals surface area (Å²) in [6.45, 7) is 12.8. The summed E-state index contributed by atoms with van der Waals surface area (Å²) >= 11 is 6.13. The molecule has 3 atom stereocenters. The number of likely N-dealkylation sites (tertiary alicyclic amines) is 1. The zero-order valence-corrected chi connectivity index (χ0v) is 25.1. The molecule has 2 aromatic carbocycles. The van der Waals surface area contributed by atoms with E-state index < -0.39 is 17.6 Å². The van der Waals surface area contributed by atoms with E-state index in [4.69, 9.17) is 11.6 Å². The standard InChI is InChI=1S/C32H42ClF2N3O2/c1-21(2)17-30(39)38-16-15-36(14-6-7-29(38)22-8-10-23(33)11-9-22)31(40)27-20-37(32(3,4)5)19-26(27)25-13-12-24(34)18-28(25)35/h8-13,18,21,26-27,29H,6-7,14-17,19-20H2,1-5H3/t26-,27+,29-/m0/s1. The third-order valence-corrected chi connectivity index (χ3v) is 8.56. The highest BCUT2D eigenvalue weighted by Crippen LogP contribution is 2.39. The van der Waals surface area contributed by atoms with Crippen LogP contribution in [0, 0.1) is 23.5 Å². The van der Waals surface area contributed by atoms with E-state index in [9.17, 15) is 18.4 Å². The summed E-state index contributed by atoms with van der Waals surface area (Å²) in [5, 5.41) is 0.652. The number of hydrogen-bond donors (Lipinski definition) is 0. The minimum absolute atomic E-state index is 0.0262. The summed E-state index contributed by atoms with van der Waals surface area (Å²) < 4.78 is 28.7. The van der Waals surface area contributed by atoms with Crippen LogP contribution in [0.3, 0.4) is 0 Å². The average Bonchev–Trinajstić information content (AvgIpc) is 3.30. The van der Waals surface area contributed by atoms with Crippen LogP contribution < -0.4 is 0 Å². The van der Waals surface area contributed by atoms with Crippen molar-refractivity contribution < 1.29 is 18.4 Å². The summed E-state index contributed by atoms with van der Waals surface area (Å²) in [4.78, 5) is 33.6. The van der Waals surface area contributed by atoms with Crippen LogP contribution in [0.1, 0.15) is 77.0 Å². The van der Waals surface area contributed by atoms with Gasteiger partial charge in [-0.25, -0.2) is 8.78 Å². The Morgan fingerprint density at radius 1 is 1.00 bits per heavy atom. The Morgan fingerprint density at radius 2 is 1.70 bits per heavy atom. The number of benzene rings is 2. The molecular weight excluding hydrogens is 532 g/mol. The topological polar surface area (TPSA) is 43.9 Å². The van der Waals surface area contributed by atoms with Crippen molar-refractivity contribution in [2.75, 3.05) is 32.7 Å². The quantitative estimate of drug-likeness (QED) is 0.401. The van der Waals surface area contributed by atoms with Crippen LogP contribution in [0.25, 0.3) is 0 Å². The molecule has 4 rings (SSSR count). The highest BCUT2D eigenvalue weighted by atomic mass is 35.5. The van der Waals surface area contributed by atoms with E-state index >= 15 is 0 Å². The fourth-order valence-corrected chi connectivity index (χ4v) is 6.22. The molecule has 0 saturated carbocycles. The lowest BCUT2D eigenvalue weighted by Crippen LogP contribution is -2.48. The van der Waals surface area contributed by atoms with Gasteiger partial charge >= 0.3 is 0 Å². The molecule has 2 amide bonds. The van der Waals surface area contributed by atoms with E-state index in [-0.39, 0.29) is 35.2 Å². The van der Waals surface area contributed by atoms with Crippen LogP contribution in [0.4, 0.5) is 8.78 Å². The summed E-state index contributed by atoms with van der Waals surface area (Å²) in [6.07, 6.45) is 1.90. The Morgan fingerprint density at radius 3 is 2.33 bits per heavy atom. The Labute approximate surface area is 242 Å². The number of hydrogen-bond acceptors (Lipinski definition) is 3. The van der Waals surface area contributed by atoms with Crippen molar-refractivity contribution in [3.05, 3.63) is 70.2 Å². The molecule has 2 heterocycles. The zero-order valence-electron chi connectivity index (χ0n) is 24.3. The molecule has 2 aromatic rings. The number of rotatable bonds is 5. The van der Waals surface area contributed by atoms with Crippen LogP contribution >= 0.6 is 11.6 Å². The van der Waals surface area contributed by atoms with Gasteiger partial charge in [0.15, 0.2) is 0 Å². The molecular formula is C32H42ClF2N3O2. The molecule has 2 aliphatic heterocycles. The van der Waals surface area contributed by atoms with Crippen LogP contribution in [0.5, 0.6) is 0 Å². The second kappa shape index (κ2) is 12.6. The van der Waals surface area contributed by atoms with Gasteiger partial charge < -0.3 is 9.80 Å². The van der Waals surface area contributed by atoms with Gasteiger partial charge in [0.25, 0.3) is 0 Å². The second-order valence-corrected chi connectivity index (χ2v) is 13.1. The van der Waals surface area contributed by atoms with Crippen molar-refractivity contribution in [3.8, 4) is 0 Å². The molecule has 0 aromatic heterocycles. The van der Waals surface area contributed by atoms with Gasteiger partial charge in [-0.15, -0.1) is 0 Å². The predicted octanol–water partition coefficient (Wildman–Crippen LogP) is 6.67. The van der Waals surface area contributed by atoms with Crippen molar-refractivity contribution in [2.45, 2.75) is 71.4 Å². The van der Waals surface area contributed by atoms with E-state index in [1.165, 1.54) is 12.1 Å². The molecule has 2 saturated heterocycles. The predicted molar refractivity (Wildman–Crippen MR) is 155 cm³/mol. The molecule has 218 valence electrons. The van der Waals surface area contributed by atoms with Crippen LogP contribution in [0.15, 0.2) is 42.5 Å². The Kier molecular flexibility index (Phi) is 9.56. The van der Waals surface area contributed by atoms with Crippen molar-refractivity contribution in [2.24, 2.45) is 11.8 Å². The van der Waals surface area contributed by atoms with E-state index in [0.717, 1.165) is 24.5 Å². The molecule has 0 unspecified atom stereocenters. The maximum atomic E-state index is 15.0. The lowest BCUT2D eigenvalue weighted by atomic mass is 9.87. The fourth-order valence-electron chi connectivity index (χ4n) is 6.10. The second-order valence-electron chi connectivity index (χ2n) is 12.7. The Hall–Kier alpha value is -2.51. The van der Waals surface area contributed by atoms with Gasteiger partial charge in [0.2, 0.25) is 11.8 Å². The lowest BCUT2D eigenvalue weighted by Gasteiger charge is -2.38. The SMILES string of the molecule is CC(C)CC(=O)N1CCN(C(=O)[C@@H]2CN(C(C)(C)C)C[C@H]2c2ccc(F)cc2F)CCC[C@H]1c1ccc(Cl)cc1. The molecule has 8 heteroatoms. The van der Waals surface area contributed by atoms with E-state index in [1.54, 1.807) is 0 Å². The van der Waals surface area contributed by atoms with Gasteiger partial charge in [0.05, 0.1) is 12.0 Å². The zero-order chi connectivity index (χ0) is 29.2. The summed E-state index contributed by atoms with van der Waals surface area (Å²) in [7, 11) is 0. The normalized spacial score (nSPS) is 22.9. The van der Waals surface area contributed by atoms with Crippen LogP contribution in [-0.4, -0.2) is 64.8 Å². The maximum absolute atomic E-state index is 15.0. The lowest BCUT2D eigenvalue weighted by molar-refractivity contribution is -0.141. The molecule has 0 aliphatic carbocycles. The molecule has 0 N–H and O–H groups in total. The minimum atomic E-state index is -0.625. The highest BCUT2D eigenvalue weighted by molar-refractivity contribution is 6.30. The van der Waals surface area contributed by atoms with Crippen molar-refractivity contribution in [1.29, 1.82) is 0 Å². The van der Waals surface area contributed by atoms with Gasteiger partial charge in [-0.2, -0.15) is 0 Å². The average molecular weight is 574 g/mol. The van der Waals surface area contributed by atoms with Gasteiger partial charge in [0.1, 0.15) is 11.6 Å². The number of carbonyl (C=O) groups is 2. The van der Waals surface area contributed by atoms with Gasteiger partial charge in [-0.1, -0.05) is 43.6 Å².